The van der Waals surface area contributed by atoms with E-state index in [1.54, 1.807) is 26.0 Å². The minimum atomic E-state index is -3.64. The van der Waals surface area contributed by atoms with Gasteiger partial charge in [0.1, 0.15) is 10.6 Å². The van der Waals surface area contributed by atoms with Crippen molar-refractivity contribution in [3.63, 3.8) is 0 Å². The second-order valence-corrected chi connectivity index (χ2v) is 6.01. The molecule has 0 saturated heterocycles. The fourth-order valence-corrected chi connectivity index (χ4v) is 3.31. The molecule has 0 aliphatic heterocycles. The maximum Gasteiger partial charge on any atom is 0.247 e. The lowest BCUT2D eigenvalue weighted by molar-refractivity contribution is 0.397. The molecule has 0 aromatic heterocycles. The van der Waals surface area contributed by atoms with E-state index in [1.165, 1.54) is 17.5 Å². The number of nitrogens with two attached hydrogens (primary N) is 1. The largest absolute Gasteiger partial charge is 0.495 e. The van der Waals surface area contributed by atoms with E-state index >= 15 is 0 Å². The molecule has 106 valence electrons. The van der Waals surface area contributed by atoms with Gasteiger partial charge in [-0.15, -0.1) is 6.58 Å². The monoisotopic (exact) mass is 284 g/mol. The summed E-state index contributed by atoms with van der Waals surface area (Å²) in [4.78, 5) is 0.0850. The Morgan fingerprint density at radius 3 is 2.58 bits per heavy atom. The zero-order valence-electron chi connectivity index (χ0n) is 11.5. The molecule has 0 radical (unpaired) electrons. The van der Waals surface area contributed by atoms with Crippen LogP contribution in [0.3, 0.4) is 0 Å². The van der Waals surface area contributed by atoms with Crippen LogP contribution in [-0.4, -0.2) is 32.9 Å². The summed E-state index contributed by atoms with van der Waals surface area (Å²) in [5.74, 6) is 0.300. The molecule has 2 N–H and O–H groups in total. The van der Waals surface area contributed by atoms with Gasteiger partial charge < -0.3 is 10.5 Å². The Hall–Kier alpha value is -1.53. The fourth-order valence-electron chi connectivity index (χ4n) is 1.72. The summed E-state index contributed by atoms with van der Waals surface area (Å²) in [6, 6.07) is 3.07. The van der Waals surface area contributed by atoms with Crippen LogP contribution in [0.5, 0.6) is 5.75 Å². The second-order valence-electron chi connectivity index (χ2n) is 4.10. The van der Waals surface area contributed by atoms with Crippen molar-refractivity contribution in [2.45, 2.75) is 18.7 Å². The molecule has 0 saturated carbocycles. The molecule has 0 bridgehead atoms. The molecule has 1 rings (SSSR count). The predicted octanol–water partition coefficient (Wildman–Crippen LogP) is 1.78. The van der Waals surface area contributed by atoms with Gasteiger partial charge in [0.25, 0.3) is 0 Å². The van der Waals surface area contributed by atoms with E-state index in [9.17, 15) is 8.42 Å². The third kappa shape index (κ3) is 3.08. The minimum absolute atomic E-state index is 0.0850. The predicted molar refractivity (Wildman–Crippen MR) is 76.8 cm³/mol. The van der Waals surface area contributed by atoms with Gasteiger partial charge in [-0.05, 0) is 24.6 Å². The van der Waals surface area contributed by atoms with Gasteiger partial charge in [-0.1, -0.05) is 13.0 Å². The first-order valence-electron chi connectivity index (χ1n) is 5.93. The van der Waals surface area contributed by atoms with Crippen LogP contribution in [0.2, 0.25) is 0 Å². The van der Waals surface area contributed by atoms with Crippen LogP contribution < -0.4 is 10.5 Å². The standard InChI is InChI=1S/C13H20N2O3S/c1-5-7-15(6-2)19(16,17)13-9-11(14)10(3)8-12(13)18-4/h5,8-9H,1,6-7,14H2,2-4H3. The molecule has 1 aromatic rings. The zero-order valence-corrected chi connectivity index (χ0v) is 12.3. The first-order valence-corrected chi connectivity index (χ1v) is 7.37. The number of aryl methyl sites for hydroxylation is 1. The van der Waals surface area contributed by atoms with Crippen LogP contribution in [0, 0.1) is 6.92 Å². The molecule has 5 nitrogen and oxygen atoms in total. The Morgan fingerprint density at radius 2 is 2.11 bits per heavy atom. The maximum atomic E-state index is 12.5. The maximum absolute atomic E-state index is 12.5. The van der Waals surface area contributed by atoms with Crippen molar-refractivity contribution < 1.29 is 13.2 Å². The lowest BCUT2D eigenvalue weighted by atomic mass is 10.2. The third-order valence-electron chi connectivity index (χ3n) is 2.86. The lowest BCUT2D eigenvalue weighted by Gasteiger charge is -2.21. The Bertz CT molecular complexity index is 567. The molecule has 6 heteroatoms. The number of nitrogen functional groups attached to an aromatic ring is 1. The SMILES string of the molecule is C=CCN(CC)S(=O)(=O)c1cc(N)c(C)cc1OC. The molecule has 0 heterocycles. The third-order valence-corrected chi connectivity index (χ3v) is 4.82. The Labute approximate surface area is 114 Å². The second kappa shape index (κ2) is 6.08. The number of likely N-dealkylation sites (N-methyl/N-ethyl adjacent to an activating group) is 1. The van der Waals surface area contributed by atoms with E-state index in [-0.39, 0.29) is 11.4 Å². The van der Waals surface area contributed by atoms with Crippen LogP contribution in [0.4, 0.5) is 5.69 Å². The van der Waals surface area contributed by atoms with Crippen LogP contribution in [-0.2, 0) is 10.0 Å². The van der Waals surface area contributed by atoms with Crippen LogP contribution in [0.1, 0.15) is 12.5 Å². The summed E-state index contributed by atoms with van der Waals surface area (Å²) in [7, 11) is -2.20. The highest BCUT2D eigenvalue weighted by Crippen LogP contribution is 2.30. The van der Waals surface area contributed by atoms with Crippen molar-refractivity contribution in [1.82, 2.24) is 4.31 Å². The van der Waals surface area contributed by atoms with Crippen molar-refractivity contribution in [2.75, 3.05) is 25.9 Å². The van der Waals surface area contributed by atoms with Gasteiger partial charge in [-0.3, -0.25) is 0 Å². The van der Waals surface area contributed by atoms with Crippen molar-refractivity contribution in [2.24, 2.45) is 0 Å². The zero-order chi connectivity index (χ0) is 14.6. The molecule has 1 aromatic carbocycles. The number of anilines is 1. The minimum Gasteiger partial charge on any atom is -0.495 e. The molecule has 0 amide bonds. The smallest absolute Gasteiger partial charge is 0.247 e. The van der Waals surface area contributed by atoms with E-state index < -0.39 is 10.0 Å². The first-order chi connectivity index (χ1) is 8.88. The van der Waals surface area contributed by atoms with Gasteiger partial charge in [0.05, 0.1) is 7.11 Å². The summed E-state index contributed by atoms with van der Waals surface area (Å²) in [5.41, 5.74) is 7.00. The summed E-state index contributed by atoms with van der Waals surface area (Å²) in [6.45, 7) is 7.74. The number of hydrogen-bond acceptors (Lipinski definition) is 4. The highest BCUT2D eigenvalue weighted by molar-refractivity contribution is 7.89. The van der Waals surface area contributed by atoms with Crippen molar-refractivity contribution in [3.8, 4) is 5.75 Å². The number of rotatable bonds is 6. The van der Waals surface area contributed by atoms with E-state index in [0.29, 0.717) is 18.0 Å². The van der Waals surface area contributed by atoms with Gasteiger partial charge in [0.15, 0.2) is 0 Å². The molecule has 0 aliphatic carbocycles. The number of hydrogen-bond donors (Lipinski definition) is 1. The Balaban J connectivity index is 3.42. The summed E-state index contributed by atoms with van der Waals surface area (Å²) in [5, 5.41) is 0. The lowest BCUT2D eigenvalue weighted by Crippen LogP contribution is -2.31. The number of nitrogens with zero attached hydrogens (tertiary/aromatic N) is 1. The van der Waals surface area contributed by atoms with Crippen LogP contribution in [0.25, 0.3) is 0 Å². The van der Waals surface area contributed by atoms with E-state index in [1.807, 2.05) is 0 Å². The topological polar surface area (TPSA) is 72.6 Å². The van der Waals surface area contributed by atoms with E-state index in [4.69, 9.17) is 10.5 Å². The molecule has 19 heavy (non-hydrogen) atoms. The highest BCUT2D eigenvalue weighted by atomic mass is 32.2. The molecule has 0 unspecified atom stereocenters. The van der Waals surface area contributed by atoms with Crippen LogP contribution in [0.15, 0.2) is 29.7 Å². The average molecular weight is 284 g/mol. The molecule has 0 atom stereocenters. The summed E-state index contributed by atoms with van der Waals surface area (Å²) in [6.07, 6.45) is 1.55. The number of benzene rings is 1. The summed E-state index contributed by atoms with van der Waals surface area (Å²) < 4.78 is 31.5. The van der Waals surface area contributed by atoms with Gasteiger partial charge in [-0.25, -0.2) is 8.42 Å². The van der Waals surface area contributed by atoms with Crippen molar-refractivity contribution in [3.05, 3.63) is 30.4 Å². The van der Waals surface area contributed by atoms with E-state index in [2.05, 4.69) is 6.58 Å². The number of sulfonamides is 1. The van der Waals surface area contributed by atoms with Gasteiger partial charge in [0, 0.05) is 18.8 Å². The van der Waals surface area contributed by atoms with Crippen molar-refractivity contribution in [1.29, 1.82) is 0 Å². The van der Waals surface area contributed by atoms with Gasteiger partial charge in [0.2, 0.25) is 10.0 Å². The van der Waals surface area contributed by atoms with Gasteiger partial charge in [-0.2, -0.15) is 4.31 Å². The molecule has 0 spiro atoms. The molecular formula is C13H20N2O3S. The quantitative estimate of drug-likeness (QED) is 0.638. The first kappa shape index (κ1) is 15.5. The number of methoxy groups -OCH3 is 1. The molecule has 0 fully saturated rings. The normalized spacial score (nSPS) is 11.6. The van der Waals surface area contributed by atoms with Crippen LogP contribution >= 0.6 is 0 Å². The fraction of sp³-hybridized carbons (Fsp3) is 0.385. The highest BCUT2D eigenvalue weighted by Gasteiger charge is 2.26. The van der Waals surface area contributed by atoms with Crippen molar-refractivity contribution >= 4 is 15.7 Å². The number of ether oxygens (including phenoxy) is 1. The Kier molecular flexibility index (Phi) is 4.97. The average Bonchev–Trinajstić information content (AvgIpc) is 2.38. The molecule has 0 aliphatic rings. The van der Waals surface area contributed by atoms with Gasteiger partial charge >= 0.3 is 0 Å². The van der Waals surface area contributed by atoms with E-state index in [0.717, 1.165) is 5.56 Å². The summed E-state index contributed by atoms with van der Waals surface area (Å²) >= 11 is 0. The molecular weight excluding hydrogens is 264 g/mol. The Morgan fingerprint density at radius 1 is 1.47 bits per heavy atom.